The van der Waals surface area contributed by atoms with E-state index in [-0.39, 0.29) is 18.3 Å². The topological polar surface area (TPSA) is 53.0 Å². The fourth-order valence-electron chi connectivity index (χ4n) is 3.50. The second kappa shape index (κ2) is 7.94. The van der Waals surface area contributed by atoms with Gasteiger partial charge in [0.15, 0.2) is 5.82 Å². The van der Waals surface area contributed by atoms with E-state index in [2.05, 4.69) is 0 Å². The number of aliphatic hydroxyl groups excluding tert-OH is 1. The molecule has 0 saturated carbocycles. The van der Waals surface area contributed by atoms with Crippen LogP contribution in [0, 0.1) is 11.7 Å². The van der Waals surface area contributed by atoms with Gasteiger partial charge in [0.1, 0.15) is 0 Å². The van der Waals surface area contributed by atoms with Gasteiger partial charge >= 0.3 is 0 Å². The molecule has 0 aromatic heterocycles. The summed E-state index contributed by atoms with van der Waals surface area (Å²) in [5.41, 5.74) is 0.886. The van der Waals surface area contributed by atoms with Crippen molar-refractivity contribution >= 4 is 11.6 Å². The van der Waals surface area contributed by atoms with Crippen LogP contribution in [0.4, 0.5) is 10.1 Å². The molecule has 0 radical (unpaired) electrons. The average molecular weight is 336 g/mol. The van der Waals surface area contributed by atoms with Gasteiger partial charge in [0, 0.05) is 38.2 Å². The quantitative estimate of drug-likeness (QED) is 0.911. The minimum absolute atomic E-state index is 0.213. The summed E-state index contributed by atoms with van der Waals surface area (Å²) in [4.78, 5) is 16.2. The zero-order valence-corrected chi connectivity index (χ0v) is 13.9. The van der Waals surface area contributed by atoms with Gasteiger partial charge < -0.3 is 19.6 Å². The van der Waals surface area contributed by atoms with E-state index in [9.17, 15) is 14.3 Å². The number of hydrogen-bond donors (Lipinski definition) is 1. The van der Waals surface area contributed by atoms with Crippen LogP contribution < -0.4 is 4.90 Å². The molecule has 0 atom stereocenters. The van der Waals surface area contributed by atoms with Gasteiger partial charge in [-0.25, -0.2) is 4.39 Å². The van der Waals surface area contributed by atoms with E-state index in [1.165, 1.54) is 0 Å². The number of hydrogen-bond acceptors (Lipinski definition) is 4. The molecular formula is C18H25FN2O3. The summed E-state index contributed by atoms with van der Waals surface area (Å²) < 4.78 is 19.6. The predicted octanol–water partition coefficient (Wildman–Crippen LogP) is 1.78. The number of anilines is 1. The number of amides is 1. The van der Waals surface area contributed by atoms with Gasteiger partial charge in [-0.05, 0) is 24.8 Å². The van der Waals surface area contributed by atoms with E-state index >= 15 is 0 Å². The Morgan fingerprint density at radius 3 is 2.58 bits per heavy atom. The molecule has 6 heteroatoms. The summed E-state index contributed by atoms with van der Waals surface area (Å²) in [5.74, 6) is 0.244. The van der Waals surface area contributed by atoms with Crippen molar-refractivity contribution in [1.29, 1.82) is 0 Å². The molecule has 0 aliphatic carbocycles. The SMILES string of the molecule is O=C(CC1CCN(c2cccc(CO)c2F)CC1)N1CCOCC1. The van der Waals surface area contributed by atoms with Crippen molar-refractivity contribution in [1.82, 2.24) is 4.90 Å². The van der Waals surface area contributed by atoms with Crippen LogP contribution in [0.5, 0.6) is 0 Å². The summed E-state index contributed by atoms with van der Waals surface area (Å²) in [6.45, 7) is 3.84. The normalized spacial score (nSPS) is 19.6. The van der Waals surface area contributed by atoms with Crippen molar-refractivity contribution in [3.63, 3.8) is 0 Å². The predicted molar refractivity (Wildman–Crippen MR) is 89.3 cm³/mol. The van der Waals surface area contributed by atoms with Crippen LogP contribution in [-0.2, 0) is 16.1 Å². The second-order valence-electron chi connectivity index (χ2n) is 6.54. The standard InChI is InChI=1S/C18H25FN2O3/c19-18-15(13-22)2-1-3-16(18)20-6-4-14(5-7-20)12-17(23)21-8-10-24-11-9-21/h1-3,14,22H,4-13H2. The van der Waals surface area contributed by atoms with Crippen LogP contribution >= 0.6 is 0 Å². The third-order valence-corrected chi connectivity index (χ3v) is 5.01. The van der Waals surface area contributed by atoms with Crippen molar-refractivity contribution in [2.75, 3.05) is 44.3 Å². The van der Waals surface area contributed by atoms with Crippen LogP contribution in [0.2, 0.25) is 0 Å². The van der Waals surface area contributed by atoms with Gasteiger partial charge in [-0.1, -0.05) is 12.1 Å². The van der Waals surface area contributed by atoms with Crippen molar-refractivity contribution in [2.45, 2.75) is 25.9 Å². The van der Waals surface area contributed by atoms with E-state index in [0.717, 1.165) is 25.9 Å². The van der Waals surface area contributed by atoms with Crippen molar-refractivity contribution in [2.24, 2.45) is 5.92 Å². The highest BCUT2D eigenvalue weighted by molar-refractivity contribution is 5.76. The highest BCUT2D eigenvalue weighted by Crippen LogP contribution is 2.29. The fourth-order valence-corrected chi connectivity index (χ4v) is 3.50. The molecule has 3 rings (SSSR count). The molecule has 1 N–H and O–H groups in total. The molecule has 2 saturated heterocycles. The molecule has 0 unspecified atom stereocenters. The molecule has 0 bridgehead atoms. The number of carbonyl (C=O) groups is 1. The number of carbonyl (C=O) groups excluding carboxylic acids is 1. The number of piperidine rings is 1. The maximum Gasteiger partial charge on any atom is 0.223 e. The molecule has 1 aromatic carbocycles. The zero-order valence-electron chi connectivity index (χ0n) is 13.9. The monoisotopic (exact) mass is 336 g/mol. The first-order chi connectivity index (χ1) is 11.7. The Morgan fingerprint density at radius 2 is 1.92 bits per heavy atom. The first-order valence-corrected chi connectivity index (χ1v) is 8.67. The first kappa shape index (κ1) is 17.2. The van der Waals surface area contributed by atoms with Crippen molar-refractivity contribution < 1.29 is 19.0 Å². The molecular weight excluding hydrogens is 311 g/mol. The maximum absolute atomic E-state index is 14.3. The van der Waals surface area contributed by atoms with Crippen molar-refractivity contribution in [3.05, 3.63) is 29.6 Å². The molecule has 2 fully saturated rings. The second-order valence-corrected chi connectivity index (χ2v) is 6.54. The average Bonchev–Trinajstić information content (AvgIpc) is 2.63. The summed E-state index contributed by atoms with van der Waals surface area (Å²) in [7, 11) is 0. The zero-order chi connectivity index (χ0) is 16.9. The number of nitrogens with zero attached hydrogens (tertiary/aromatic N) is 2. The lowest BCUT2D eigenvalue weighted by Gasteiger charge is -2.35. The Morgan fingerprint density at radius 1 is 1.21 bits per heavy atom. The Bertz CT molecular complexity index is 567. The molecule has 0 spiro atoms. The number of benzene rings is 1. The summed E-state index contributed by atoms with van der Waals surface area (Å²) in [5, 5.41) is 9.20. The van der Waals surface area contributed by atoms with Crippen LogP contribution in [-0.4, -0.2) is 55.3 Å². The van der Waals surface area contributed by atoms with E-state index in [1.54, 1.807) is 18.2 Å². The van der Waals surface area contributed by atoms with Gasteiger partial charge in [0.25, 0.3) is 0 Å². The number of ether oxygens (including phenoxy) is 1. The summed E-state index contributed by atoms with van der Waals surface area (Å²) in [6.07, 6.45) is 2.35. The Balaban J connectivity index is 1.53. The van der Waals surface area contributed by atoms with Crippen LogP contribution in [0.1, 0.15) is 24.8 Å². The number of morpholine rings is 1. The number of halogens is 1. The highest BCUT2D eigenvalue weighted by atomic mass is 19.1. The molecule has 2 aliphatic rings. The van der Waals surface area contributed by atoms with Gasteiger partial charge in [0.05, 0.1) is 25.5 Å². The first-order valence-electron chi connectivity index (χ1n) is 8.67. The van der Waals surface area contributed by atoms with E-state index < -0.39 is 0 Å². The van der Waals surface area contributed by atoms with Gasteiger partial charge in [-0.2, -0.15) is 0 Å². The Kier molecular flexibility index (Phi) is 5.68. The fraction of sp³-hybridized carbons (Fsp3) is 0.611. The summed E-state index contributed by atoms with van der Waals surface area (Å²) >= 11 is 0. The lowest BCUT2D eigenvalue weighted by atomic mass is 9.92. The molecule has 1 amide bonds. The molecule has 132 valence electrons. The molecule has 2 heterocycles. The van der Waals surface area contributed by atoms with Crippen molar-refractivity contribution in [3.8, 4) is 0 Å². The molecule has 24 heavy (non-hydrogen) atoms. The molecule has 5 nitrogen and oxygen atoms in total. The third-order valence-electron chi connectivity index (χ3n) is 5.01. The van der Waals surface area contributed by atoms with Crippen LogP contribution in [0.3, 0.4) is 0 Å². The smallest absolute Gasteiger partial charge is 0.223 e. The van der Waals surface area contributed by atoms with E-state index in [4.69, 9.17) is 4.74 Å². The summed E-state index contributed by atoms with van der Waals surface area (Å²) in [6, 6.07) is 5.14. The Labute approximate surface area is 142 Å². The van der Waals surface area contributed by atoms with E-state index in [1.807, 2.05) is 9.80 Å². The maximum atomic E-state index is 14.3. The Hall–Kier alpha value is -1.66. The van der Waals surface area contributed by atoms with Gasteiger partial charge in [-0.15, -0.1) is 0 Å². The largest absolute Gasteiger partial charge is 0.392 e. The molecule has 2 aliphatic heterocycles. The van der Waals surface area contributed by atoms with Gasteiger partial charge in [-0.3, -0.25) is 4.79 Å². The number of aliphatic hydroxyl groups is 1. The van der Waals surface area contributed by atoms with Crippen LogP contribution in [0.25, 0.3) is 0 Å². The van der Waals surface area contributed by atoms with E-state index in [0.29, 0.717) is 49.9 Å². The number of rotatable bonds is 4. The molecule has 1 aromatic rings. The third kappa shape index (κ3) is 3.87. The van der Waals surface area contributed by atoms with Gasteiger partial charge in [0.2, 0.25) is 5.91 Å². The minimum Gasteiger partial charge on any atom is -0.392 e. The van der Waals surface area contributed by atoms with Crippen LogP contribution in [0.15, 0.2) is 18.2 Å². The lowest BCUT2D eigenvalue weighted by Crippen LogP contribution is -2.42. The lowest BCUT2D eigenvalue weighted by molar-refractivity contribution is -0.136. The highest BCUT2D eigenvalue weighted by Gasteiger charge is 2.26. The minimum atomic E-state index is -0.331.